The summed E-state index contributed by atoms with van der Waals surface area (Å²) in [7, 11) is 21.8. The van der Waals surface area contributed by atoms with Crippen molar-refractivity contribution >= 4 is 57.3 Å². The summed E-state index contributed by atoms with van der Waals surface area (Å²) >= 11 is 0. The topological polar surface area (TPSA) is 14.2 Å². The molecular formula is C44H64N6S2+4. The van der Waals surface area contributed by atoms with Gasteiger partial charge in [-0.1, -0.05) is 45.9 Å². The molecule has 0 unspecified atom stereocenters. The smallest absolute Gasteiger partial charge is 0.205 e. The van der Waals surface area contributed by atoms with Crippen molar-refractivity contribution in [3.63, 3.8) is 0 Å². The van der Waals surface area contributed by atoms with Crippen LogP contribution >= 0.6 is 21.6 Å². The van der Waals surface area contributed by atoms with Crippen molar-refractivity contribution in [1.82, 2.24) is 0 Å². The maximum atomic E-state index is 2.36. The predicted octanol–water partition coefficient (Wildman–Crippen LogP) is 7.75. The molecule has 6 nitrogen and oxygen atoms in total. The Morgan fingerprint density at radius 2 is 0.904 bits per heavy atom. The van der Waals surface area contributed by atoms with Gasteiger partial charge in [-0.05, 0) is 59.7 Å². The molecule has 278 valence electrons. The van der Waals surface area contributed by atoms with Crippen molar-refractivity contribution in [3.8, 4) is 0 Å². The second kappa shape index (κ2) is 20.6. The average Bonchev–Trinajstić information content (AvgIpc) is 3.11. The number of pyridine rings is 2. The van der Waals surface area contributed by atoms with E-state index in [1.165, 1.54) is 59.8 Å². The van der Waals surface area contributed by atoms with E-state index in [4.69, 9.17) is 0 Å². The van der Waals surface area contributed by atoms with Crippen LogP contribution in [0.3, 0.4) is 0 Å². The zero-order valence-electron chi connectivity index (χ0n) is 33.1. The number of anilines is 2. The third kappa shape index (κ3) is 15.2. The van der Waals surface area contributed by atoms with Gasteiger partial charge in [0.15, 0.2) is 25.5 Å². The van der Waals surface area contributed by atoms with Crippen LogP contribution in [0.25, 0.3) is 24.3 Å². The van der Waals surface area contributed by atoms with Gasteiger partial charge in [0.05, 0.1) is 66.9 Å². The molecule has 0 fully saturated rings. The van der Waals surface area contributed by atoms with Crippen molar-refractivity contribution in [2.45, 2.75) is 25.9 Å². The van der Waals surface area contributed by atoms with Gasteiger partial charge in [0.2, 0.25) is 11.4 Å². The van der Waals surface area contributed by atoms with Crippen LogP contribution in [-0.2, 0) is 13.1 Å². The van der Waals surface area contributed by atoms with E-state index < -0.39 is 0 Å². The van der Waals surface area contributed by atoms with Crippen LogP contribution in [0, 0.1) is 0 Å². The molecule has 0 atom stereocenters. The fourth-order valence-corrected chi connectivity index (χ4v) is 7.88. The van der Waals surface area contributed by atoms with Gasteiger partial charge in [-0.15, -0.1) is 0 Å². The zero-order chi connectivity index (χ0) is 37.4. The summed E-state index contributed by atoms with van der Waals surface area (Å²) in [5.74, 6) is 2.12. The number of rotatable bonds is 21. The molecule has 0 saturated heterocycles. The molecule has 2 aromatic heterocycles. The van der Waals surface area contributed by atoms with Crippen LogP contribution in [0.15, 0.2) is 97.3 Å². The fraction of sp³-hybridized carbons (Fsp3) is 0.409. The van der Waals surface area contributed by atoms with Gasteiger partial charge in [0.25, 0.3) is 0 Å². The molecule has 0 saturated carbocycles. The zero-order valence-corrected chi connectivity index (χ0v) is 34.8. The molecule has 0 radical (unpaired) electrons. The van der Waals surface area contributed by atoms with E-state index in [2.05, 4.69) is 197 Å². The van der Waals surface area contributed by atoms with Gasteiger partial charge in [-0.2, -0.15) is 9.13 Å². The van der Waals surface area contributed by atoms with E-state index in [-0.39, 0.29) is 0 Å². The Kier molecular flexibility index (Phi) is 16.3. The SMILES string of the molecule is CN(CCC[N+](C)(C)C)c1ccc(/C=C/c2cccc[n+]2CCSSCC[n+]2ccccc2/C=C/c2ccc(N(C)CCC[N+](C)(C)C)cc2)cc1. The van der Waals surface area contributed by atoms with Crippen molar-refractivity contribution in [3.05, 3.63) is 120 Å². The maximum absolute atomic E-state index is 2.36. The number of hydrogen-bond acceptors (Lipinski definition) is 4. The second-order valence-corrected chi connectivity index (χ2v) is 18.4. The molecule has 52 heavy (non-hydrogen) atoms. The van der Waals surface area contributed by atoms with E-state index in [0.29, 0.717) is 0 Å². The molecule has 0 bridgehead atoms. The van der Waals surface area contributed by atoms with Crippen LogP contribution in [0.4, 0.5) is 11.4 Å². The van der Waals surface area contributed by atoms with Crippen molar-refractivity contribution in [2.75, 3.05) is 104 Å². The van der Waals surface area contributed by atoms with Crippen LogP contribution in [0.1, 0.15) is 35.4 Å². The highest BCUT2D eigenvalue weighted by Gasteiger charge is 2.11. The van der Waals surface area contributed by atoms with Gasteiger partial charge >= 0.3 is 0 Å². The monoisotopic (exact) mass is 740 g/mol. The highest BCUT2D eigenvalue weighted by atomic mass is 33.1. The number of hydrogen-bond donors (Lipinski definition) is 0. The summed E-state index contributed by atoms with van der Waals surface area (Å²) in [5, 5.41) is 0. The van der Waals surface area contributed by atoms with Crippen molar-refractivity contribution in [1.29, 1.82) is 0 Å². The summed E-state index contributed by atoms with van der Waals surface area (Å²) in [4.78, 5) is 4.71. The van der Waals surface area contributed by atoms with Gasteiger partial charge in [0, 0.05) is 87.8 Å². The molecule has 4 aromatic rings. The summed E-state index contributed by atoms with van der Waals surface area (Å²) in [6.07, 6.45) is 15.7. The average molecular weight is 741 g/mol. The third-order valence-electron chi connectivity index (χ3n) is 9.07. The Bertz CT molecular complexity index is 1560. The molecule has 2 aromatic carbocycles. The Morgan fingerprint density at radius 3 is 1.27 bits per heavy atom. The number of aryl methyl sites for hydroxylation is 2. The fourth-order valence-electron chi connectivity index (χ4n) is 5.94. The van der Waals surface area contributed by atoms with Crippen LogP contribution < -0.4 is 18.9 Å². The van der Waals surface area contributed by atoms with Gasteiger partial charge in [-0.3, -0.25) is 0 Å². The first-order valence-corrected chi connectivity index (χ1v) is 21.2. The van der Waals surface area contributed by atoms with Crippen LogP contribution in [0.5, 0.6) is 0 Å². The summed E-state index contributed by atoms with van der Waals surface area (Å²) < 4.78 is 6.72. The maximum Gasteiger partial charge on any atom is 0.205 e. The van der Waals surface area contributed by atoms with Gasteiger partial charge in [0.1, 0.15) is 0 Å². The van der Waals surface area contributed by atoms with Crippen LogP contribution in [-0.4, -0.2) is 103 Å². The van der Waals surface area contributed by atoms with E-state index in [1.54, 1.807) is 0 Å². The molecular weight excluding hydrogens is 677 g/mol. The Morgan fingerprint density at radius 1 is 0.519 bits per heavy atom. The molecule has 4 rings (SSSR count). The summed E-state index contributed by atoms with van der Waals surface area (Å²) in [5.41, 5.74) is 7.43. The highest BCUT2D eigenvalue weighted by molar-refractivity contribution is 8.76. The van der Waals surface area contributed by atoms with Crippen molar-refractivity contribution in [2.24, 2.45) is 0 Å². The predicted molar refractivity (Wildman–Crippen MR) is 231 cm³/mol. The normalized spacial score (nSPS) is 12.2. The third-order valence-corrected chi connectivity index (χ3v) is 11.4. The molecule has 0 aliphatic rings. The number of aromatic nitrogens is 2. The minimum absolute atomic E-state index is 0.979. The molecule has 0 amide bonds. The van der Waals surface area contributed by atoms with E-state index in [0.717, 1.165) is 46.7 Å². The second-order valence-electron chi connectivity index (χ2n) is 15.7. The summed E-state index contributed by atoms with van der Waals surface area (Å²) in [6, 6.07) is 30.7. The van der Waals surface area contributed by atoms with Gasteiger partial charge in [-0.25, -0.2) is 0 Å². The first-order chi connectivity index (χ1) is 24.9. The number of quaternary nitrogens is 2. The Labute approximate surface area is 323 Å². The lowest BCUT2D eigenvalue weighted by molar-refractivity contribution is -0.870. The minimum atomic E-state index is 0.979. The van der Waals surface area contributed by atoms with E-state index in [9.17, 15) is 0 Å². The largest absolute Gasteiger partial charge is 0.374 e. The first kappa shape index (κ1) is 41.2. The van der Waals surface area contributed by atoms with Crippen LogP contribution in [0.2, 0.25) is 0 Å². The lowest BCUT2D eigenvalue weighted by Gasteiger charge is -2.26. The molecule has 8 heteroatoms. The Hall–Kier alpha value is -3.56. The highest BCUT2D eigenvalue weighted by Crippen LogP contribution is 2.21. The minimum Gasteiger partial charge on any atom is -0.374 e. The van der Waals surface area contributed by atoms with Gasteiger partial charge < -0.3 is 18.8 Å². The molecule has 2 heterocycles. The lowest BCUT2D eigenvalue weighted by Crippen LogP contribution is -2.38. The van der Waals surface area contributed by atoms with Crippen molar-refractivity contribution < 1.29 is 18.1 Å². The molecule has 0 spiro atoms. The Balaban J connectivity index is 1.20. The standard InChI is InChI=1S/C44H64N6S2/c1-45(29-13-35-49(3,4)5)41-23-17-39(18-24-41)21-27-43-15-9-11-31-47(43)33-37-51-52-38-34-48-32-12-10-16-44(48)28-22-40-19-25-42(26-20-40)46(2)30-14-36-50(6,7)8/h9-12,15-28,31-32H,13-14,29-30,33-38H2,1-8H3/q+4. The molecule has 0 aliphatic heterocycles. The molecule has 0 aliphatic carbocycles. The molecule has 0 N–H and O–H groups in total. The summed E-state index contributed by atoms with van der Waals surface area (Å²) in [6.45, 7) is 6.45. The number of benzene rings is 2. The lowest BCUT2D eigenvalue weighted by atomic mass is 10.1. The first-order valence-electron chi connectivity index (χ1n) is 18.7. The number of nitrogens with zero attached hydrogens (tertiary/aromatic N) is 6. The van der Waals surface area contributed by atoms with E-state index in [1.807, 2.05) is 21.6 Å². The van der Waals surface area contributed by atoms with E-state index >= 15 is 0 Å². The quantitative estimate of drug-likeness (QED) is 0.0376.